The van der Waals surface area contributed by atoms with Crippen LogP contribution in [-0.2, 0) is 9.59 Å². The normalized spacial score (nSPS) is 18.0. The summed E-state index contributed by atoms with van der Waals surface area (Å²) >= 11 is 7.59. The van der Waals surface area contributed by atoms with E-state index >= 15 is 0 Å². The number of hydrogen-bond acceptors (Lipinski definition) is 4. The summed E-state index contributed by atoms with van der Waals surface area (Å²) in [5.41, 5.74) is 0.711. The average Bonchev–Trinajstić information content (AvgIpc) is 3.11. The number of nitrogens with zero attached hydrogens (tertiary/aromatic N) is 3. The number of carbonyl (C=O) groups is 2. The van der Waals surface area contributed by atoms with E-state index in [2.05, 4.69) is 18.8 Å². The van der Waals surface area contributed by atoms with E-state index in [9.17, 15) is 9.59 Å². The van der Waals surface area contributed by atoms with Crippen LogP contribution in [0.3, 0.4) is 0 Å². The lowest BCUT2D eigenvalue weighted by atomic mass is 10.1. The number of carbonyl (C=O) groups excluding carboxylic acids is 2. The van der Waals surface area contributed by atoms with E-state index in [1.54, 1.807) is 22.9 Å². The minimum absolute atomic E-state index is 0.0581. The van der Waals surface area contributed by atoms with Crippen LogP contribution in [0.15, 0.2) is 18.2 Å². The zero-order valence-corrected chi connectivity index (χ0v) is 15.5. The molecule has 2 heterocycles. The number of benzene rings is 1. The number of thiazole rings is 1. The van der Waals surface area contributed by atoms with Crippen LogP contribution in [0.25, 0.3) is 10.2 Å². The third kappa shape index (κ3) is 3.26. The van der Waals surface area contributed by atoms with E-state index in [1.807, 2.05) is 12.1 Å². The van der Waals surface area contributed by atoms with Crippen molar-refractivity contribution in [2.24, 2.45) is 11.8 Å². The molecule has 0 aliphatic carbocycles. The summed E-state index contributed by atoms with van der Waals surface area (Å²) in [5, 5.41) is 1.19. The van der Waals surface area contributed by atoms with E-state index in [1.165, 1.54) is 11.3 Å². The first-order valence-electron chi connectivity index (χ1n) is 7.97. The second-order valence-corrected chi connectivity index (χ2v) is 7.99. The lowest BCUT2D eigenvalue weighted by Crippen LogP contribution is -2.35. The van der Waals surface area contributed by atoms with Gasteiger partial charge in [-0.1, -0.05) is 42.9 Å². The van der Waals surface area contributed by atoms with Gasteiger partial charge in [0.05, 0.1) is 15.6 Å². The number of para-hydroxylation sites is 1. The summed E-state index contributed by atoms with van der Waals surface area (Å²) in [6.07, 6.45) is 0.279. The Labute approximate surface area is 150 Å². The molecule has 2 amide bonds. The number of anilines is 1. The molecular formula is C17H20ClN3O2S. The van der Waals surface area contributed by atoms with Crippen LogP contribution in [0.1, 0.15) is 20.3 Å². The molecule has 3 rings (SSSR count). The molecule has 24 heavy (non-hydrogen) atoms. The molecule has 5 nitrogen and oxygen atoms in total. The molecule has 1 aromatic heterocycles. The van der Waals surface area contributed by atoms with Crippen molar-refractivity contribution in [1.82, 2.24) is 9.88 Å². The molecule has 0 N–H and O–H groups in total. The van der Waals surface area contributed by atoms with Crippen molar-refractivity contribution in [2.75, 3.05) is 25.0 Å². The van der Waals surface area contributed by atoms with Gasteiger partial charge in [0, 0.05) is 26.6 Å². The Bertz CT molecular complexity index is 789. The fourth-order valence-corrected chi connectivity index (χ4v) is 4.20. The fraction of sp³-hybridized carbons (Fsp3) is 0.471. The van der Waals surface area contributed by atoms with Crippen molar-refractivity contribution in [3.63, 3.8) is 0 Å². The van der Waals surface area contributed by atoms with Gasteiger partial charge in [0.1, 0.15) is 5.52 Å². The molecule has 1 fully saturated rings. The van der Waals surface area contributed by atoms with Gasteiger partial charge in [0.25, 0.3) is 0 Å². The Morgan fingerprint density at radius 2 is 2.25 bits per heavy atom. The molecule has 7 heteroatoms. The second-order valence-electron chi connectivity index (χ2n) is 6.57. The first-order chi connectivity index (χ1) is 11.4. The van der Waals surface area contributed by atoms with Crippen molar-refractivity contribution >= 4 is 50.1 Å². The smallest absolute Gasteiger partial charge is 0.233 e. The van der Waals surface area contributed by atoms with Crippen molar-refractivity contribution in [3.05, 3.63) is 23.2 Å². The minimum atomic E-state index is -0.302. The van der Waals surface area contributed by atoms with Crippen molar-refractivity contribution in [1.29, 1.82) is 0 Å². The van der Waals surface area contributed by atoms with Gasteiger partial charge in [-0.3, -0.25) is 14.5 Å². The fourth-order valence-electron chi connectivity index (χ4n) is 2.97. The van der Waals surface area contributed by atoms with Crippen LogP contribution < -0.4 is 4.90 Å². The highest BCUT2D eigenvalue weighted by molar-refractivity contribution is 7.22. The molecule has 1 aliphatic heterocycles. The molecule has 1 atom stereocenters. The van der Waals surface area contributed by atoms with E-state index in [4.69, 9.17) is 11.6 Å². The Balaban J connectivity index is 1.77. The van der Waals surface area contributed by atoms with Crippen LogP contribution in [0.2, 0.25) is 5.02 Å². The minimum Gasteiger partial charge on any atom is -0.342 e. The summed E-state index contributed by atoms with van der Waals surface area (Å²) in [5.74, 6) is 0.0863. The highest BCUT2D eigenvalue weighted by Crippen LogP contribution is 2.33. The average molecular weight is 366 g/mol. The maximum atomic E-state index is 12.8. The van der Waals surface area contributed by atoms with Crippen LogP contribution in [0.5, 0.6) is 0 Å². The maximum Gasteiger partial charge on any atom is 0.233 e. The SMILES string of the molecule is CC(C)CN1CC(C(=O)N(C)c2nc3c(Cl)cccc3s2)CC1=O. The zero-order chi connectivity index (χ0) is 17.4. The molecule has 0 saturated carbocycles. The molecule has 0 spiro atoms. The van der Waals surface area contributed by atoms with Crippen molar-refractivity contribution in [3.8, 4) is 0 Å². The van der Waals surface area contributed by atoms with Crippen LogP contribution in [-0.4, -0.2) is 41.8 Å². The predicted molar refractivity (Wildman–Crippen MR) is 97.6 cm³/mol. The monoisotopic (exact) mass is 365 g/mol. The summed E-state index contributed by atoms with van der Waals surface area (Å²) in [7, 11) is 1.71. The topological polar surface area (TPSA) is 53.5 Å². The van der Waals surface area contributed by atoms with Gasteiger partial charge in [-0.05, 0) is 18.1 Å². The molecule has 1 unspecified atom stereocenters. The predicted octanol–water partition coefficient (Wildman–Crippen LogP) is 3.42. The van der Waals surface area contributed by atoms with Gasteiger partial charge in [-0.15, -0.1) is 0 Å². The molecule has 1 saturated heterocycles. The zero-order valence-electron chi connectivity index (χ0n) is 14.0. The highest BCUT2D eigenvalue weighted by Gasteiger charge is 2.36. The van der Waals surface area contributed by atoms with Gasteiger partial charge >= 0.3 is 0 Å². The van der Waals surface area contributed by atoms with Crippen molar-refractivity contribution in [2.45, 2.75) is 20.3 Å². The van der Waals surface area contributed by atoms with E-state index in [0.717, 1.165) is 4.70 Å². The highest BCUT2D eigenvalue weighted by atomic mass is 35.5. The Morgan fingerprint density at radius 3 is 2.92 bits per heavy atom. The van der Waals surface area contributed by atoms with Crippen LogP contribution in [0, 0.1) is 11.8 Å². The third-order valence-corrected chi connectivity index (χ3v) is 5.53. The molecule has 2 aromatic rings. The molecule has 1 aliphatic rings. The lowest BCUT2D eigenvalue weighted by Gasteiger charge is -2.20. The number of fused-ring (bicyclic) bond motifs is 1. The number of hydrogen-bond donors (Lipinski definition) is 0. The van der Waals surface area contributed by atoms with Gasteiger partial charge in [-0.25, -0.2) is 4.98 Å². The summed E-state index contributed by atoms with van der Waals surface area (Å²) in [6.45, 7) is 5.33. The van der Waals surface area contributed by atoms with E-state index in [-0.39, 0.29) is 24.2 Å². The Hall–Kier alpha value is -1.66. The number of aromatic nitrogens is 1. The largest absolute Gasteiger partial charge is 0.342 e. The lowest BCUT2D eigenvalue weighted by molar-refractivity contribution is -0.128. The standard InChI is InChI=1S/C17H20ClN3O2S/c1-10(2)8-21-9-11(7-14(21)22)16(23)20(3)17-19-15-12(18)5-4-6-13(15)24-17/h4-6,10-11H,7-9H2,1-3H3. The number of rotatable bonds is 4. The van der Waals surface area contributed by atoms with Crippen LogP contribution >= 0.6 is 22.9 Å². The quantitative estimate of drug-likeness (QED) is 0.834. The third-order valence-electron chi connectivity index (χ3n) is 4.13. The van der Waals surface area contributed by atoms with Gasteiger partial charge in [0.2, 0.25) is 11.8 Å². The summed E-state index contributed by atoms with van der Waals surface area (Å²) < 4.78 is 0.945. The first kappa shape index (κ1) is 17.2. The van der Waals surface area contributed by atoms with E-state index < -0.39 is 0 Å². The second kappa shape index (κ2) is 6.69. The number of likely N-dealkylation sites (tertiary alicyclic amines) is 1. The first-order valence-corrected chi connectivity index (χ1v) is 9.16. The number of halogens is 1. The summed E-state index contributed by atoms with van der Waals surface area (Å²) in [4.78, 5) is 32.7. The van der Waals surface area contributed by atoms with Gasteiger partial charge in [-0.2, -0.15) is 0 Å². The Kier molecular flexibility index (Phi) is 4.78. The molecular weight excluding hydrogens is 346 g/mol. The Morgan fingerprint density at radius 1 is 1.50 bits per heavy atom. The maximum absolute atomic E-state index is 12.8. The van der Waals surface area contributed by atoms with Crippen LogP contribution in [0.4, 0.5) is 5.13 Å². The van der Waals surface area contributed by atoms with Gasteiger partial charge in [0.15, 0.2) is 5.13 Å². The molecule has 1 aromatic carbocycles. The molecule has 0 bridgehead atoms. The number of amides is 2. The van der Waals surface area contributed by atoms with E-state index in [0.29, 0.717) is 34.7 Å². The molecule has 0 radical (unpaired) electrons. The summed E-state index contributed by atoms with van der Waals surface area (Å²) in [6, 6.07) is 5.59. The molecule has 128 valence electrons. The van der Waals surface area contributed by atoms with Gasteiger partial charge < -0.3 is 4.90 Å². The van der Waals surface area contributed by atoms with Crippen molar-refractivity contribution < 1.29 is 9.59 Å².